The van der Waals surface area contributed by atoms with Crippen molar-refractivity contribution in [3.63, 3.8) is 0 Å². The standard InChI is InChI=1S/C14H18N4/c15-9-12-8-13-11(10-16-12)4-5-14(17-13)18-6-2-1-3-7-18/h4-5,8,10H,1-3,6-7,9,15H2. The fourth-order valence-electron chi connectivity index (χ4n) is 2.46. The van der Waals surface area contributed by atoms with E-state index in [1.807, 2.05) is 12.3 Å². The molecule has 0 saturated carbocycles. The van der Waals surface area contributed by atoms with Gasteiger partial charge in [-0.1, -0.05) is 0 Å². The number of rotatable bonds is 2. The van der Waals surface area contributed by atoms with Gasteiger partial charge in [-0.25, -0.2) is 4.98 Å². The molecule has 4 heteroatoms. The van der Waals surface area contributed by atoms with Crippen LogP contribution in [0, 0.1) is 0 Å². The molecule has 1 aliphatic rings. The van der Waals surface area contributed by atoms with Crippen molar-refractivity contribution in [2.45, 2.75) is 25.8 Å². The van der Waals surface area contributed by atoms with E-state index in [1.165, 1.54) is 19.3 Å². The van der Waals surface area contributed by atoms with E-state index in [-0.39, 0.29) is 0 Å². The van der Waals surface area contributed by atoms with E-state index in [1.54, 1.807) is 0 Å². The maximum absolute atomic E-state index is 5.62. The second-order valence-electron chi connectivity index (χ2n) is 4.79. The minimum absolute atomic E-state index is 0.464. The number of fused-ring (bicyclic) bond motifs is 1. The Morgan fingerprint density at radius 3 is 2.78 bits per heavy atom. The minimum Gasteiger partial charge on any atom is -0.357 e. The van der Waals surface area contributed by atoms with Crippen LogP contribution in [0.2, 0.25) is 0 Å². The van der Waals surface area contributed by atoms with Crippen LogP contribution in [0.5, 0.6) is 0 Å². The molecule has 0 unspecified atom stereocenters. The summed E-state index contributed by atoms with van der Waals surface area (Å²) >= 11 is 0. The molecule has 0 radical (unpaired) electrons. The van der Waals surface area contributed by atoms with Gasteiger partial charge < -0.3 is 10.6 Å². The molecule has 3 heterocycles. The van der Waals surface area contributed by atoms with E-state index in [9.17, 15) is 0 Å². The minimum atomic E-state index is 0.464. The van der Waals surface area contributed by atoms with Gasteiger partial charge in [-0.2, -0.15) is 0 Å². The Balaban J connectivity index is 1.97. The summed E-state index contributed by atoms with van der Waals surface area (Å²) in [6, 6.07) is 6.18. The Morgan fingerprint density at radius 2 is 2.00 bits per heavy atom. The fourth-order valence-corrected chi connectivity index (χ4v) is 2.46. The topological polar surface area (TPSA) is 55.0 Å². The molecule has 0 aliphatic carbocycles. The largest absolute Gasteiger partial charge is 0.357 e. The summed E-state index contributed by atoms with van der Waals surface area (Å²) in [6.45, 7) is 2.70. The molecule has 0 spiro atoms. The van der Waals surface area contributed by atoms with E-state index in [0.29, 0.717) is 6.54 Å². The Labute approximate surface area is 107 Å². The zero-order valence-corrected chi connectivity index (χ0v) is 10.5. The van der Waals surface area contributed by atoms with Crippen LogP contribution in [0.1, 0.15) is 25.0 Å². The Bertz CT molecular complexity index is 546. The number of nitrogens with two attached hydrogens (primary N) is 1. The van der Waals surface area contributed by atoms with Crippen molar-refractivity contribution in [1.82, 2.24) is 9.97 Å². The molecule has 0 aromatic carbocycles. The molecular weight excluding hydrogens is 224 g/mol. The van der Waals surface area contributed by atoms with Crippen molar-refractivity contribution in [3.8, 4) is 0 Å². The summed E-state index contributed by atoms with van der Waals surface area (Å²) in [6.07, 6.45) is 5.73. The van der Waals surface area contributed by atoms with Crippen molar-refractivity contribution >= 4 is 16.7 Å². The molecule has 0 amide bonds. The predicted octanol–water partition coefficient (Wildman–Crippen LogP) is 2.08. The highest BCUT2D eigenvalue weighted by molar-refractivity contribution is 5.79. The first-order valence-corrected chi connectivity index (χ1v) is 6.57. The average Bonchev–Trinajstić information content (AvgIpc) is 2.47. The smallest absolute Gasteiger partial charge is 0.129 e. The number of piperidine rings is 1. The monoisotopic (exact) mass is 242 g/mol. The molecule has 0 bridgehead atoms. The number of hydrogen-bond acceptors (Lipinski definition) is 4. The number of nitrogens with zero attached hydrogens (tertiary/aromatic N) is 3. The van der Waals surface area contributed by atoms with Gasteiger partial charge in [0.25, 0.3) is 0 Å². The van der Waals surface area contributed by atoms with Gasteiger partial charge in [-0.15, -0.1) is 0 Å². The lowest BCUT2D eigenvalue weighted by Crippen LogP contribution is -2.30. The van der Waals surface area contributed by atoms with Gasteiger partial charge in [-0.05, 0) is 37.5 Å². The van der Waals surface area contributed by atoms with Gasteiger partial charge >= 0.3 is 0 Å². The number of aromatic nitrogens is 2. The SMILES string of the molecule is NCc1cc2nc(N3CCCCC3)ccc2cn1. The summed E-state index contributed by atoms with van der Waals surface area (Å²) in [7, 11) is 0. The third kappa shape index (κ3) is 2.16. The van der Waals surface area contributed by atoms with Crippen LogP contribution < -0.4 is 10.6 Å². The number of anilines is 1. The highest BCUT2D eigenvalue weighted by atomic mass is 15.2. The highest BCUT2D eigenvalue weighted by Gasteiger charge is 2.12. The molecule has 2 aromatic heterocycles. The van der Waals surface area contributed by atoms with E-state index >= 15 is 0 Å². The molecule has 18 heavy (non-hydrogen) atoms. The van der Waals surface area contributed by atoms with Gasteiger partial charge in [0.1, 0.15) is 5.82 Å². The first-order chi connectivity index (χ1) is 8.86. The first kappa shape index (κ1) is 11.4. The molecule has 94 valence electrons. The lowest BCUT2D eigenvalue weighted by molar-refractivity contribution is 0.574. The molecule has 2 N–H and O–H groups in total. The number of hydrogen-bond donors (Lipinski definition) is 1. The highest BCUT2D eigenvalue weighted by Crippen LogP contribution is 2.21. The maximum Gasteiger partial charge on any atom is 0.129 e. The van der Waals surface area contributed by atoms with Crippen LogP contribution in [0.3, 0.4) is 0 Å². The average molecular weight is 242 g/mol. The maximum atomic E-state index is 5.62. The third-order valence-corrected chi connectivity index (χ3v) is 3.50. The lowest BCUT2D eigenvalue weighted by atomic mass is 10.1. The molecule has 1 saturated heterocycles. The lowest BCUT2D eigenvalue weighted by Gasteiger charge is -2.27. The Hall–Kier alpha value is -1.68. The number of pyridine rings is 2. The first-order valence-electron chi connectivity index (χ1n) is 6.57. The molecular formula is C14H18N4. The second-order valence-corrected chi connectivity index (χ2v) is 4.79. The molecule has 0 atom stereocenters. The van der Waals surface area contributed by atoms with E-state index < -0.39 is 0 Å². The van der Waals surface area contributed by atoms with Crippen molar-refractivity contribution in [2.75, 3.05) is 18.0 Å². The quantitative estimate of drug-likeness (QED) is 0.876. The molecule has 3 rings (SSSR count). The Kier molecular flexibility index (Phi) is 3.11. The Morgan fingerprint density at radius 1 is 1.17 bits per heavy atom. The van der Waals surface area contributed by atoms with Crippen molar-refractivity contribution < 1.29 is 0 Å². The predicted molar refractivity (Wildman–Crippen MR) is 73.5 cm³/mol. The van der Waals surface area contributed by atoms with Crippen LogP contribution in [0.15, 0.2) is 24.4 Å². The van der Waals surface area contributed by atoms with Crippen molar-refractivity contribution in [3.05, 3.63) is 30.1 Å². The molecule has 4 nitrogen and oxygen atoms in total. The van der Waals surface area contributed by atoms with Crippen LogP contribution in [0.4, 0.5) is 5.82 Å². The summed E-state index contributed by atoms with van der Waals surface area (Å²) < 4.78 is 0. The third-order valence-electron chi connectivity index (χ3n) is 3.50. The van der Waals surface area contributed by atoms with E-state index in [2.05, 4.69) is 22.0 Å². The molecule has 1 aliphatic heterocycles. The van der Waals surface area contributed by atoms with Gasteiger partial charge in [0.05, 0.1) is 11.2 Å². The van der Waals surface area contributed by atoms with Gasteiger partial charge in [0.2, 0.25) is 0 Å². The zero-order valence-electron chi connectivity index (χ0n) is 10.5. The summed E-state index contributed by atoms with van der Waals surface area (Å²) in [5.41, 5.74) is 7.51. The van der Waals surface area contributed by atoms with E-state index in [0.717, 1.165) is 35.5 Å². The zero-order chi connectivity index (χ0) is 12.4. The van der Waals surface area contributed by atoms with Gasteiger partial charge in [0, 0.05) is 31.2 Å². The van der Waals surface area contributed by atoms with Crippen molar-refractivity contribution in [1.29, 1.82) is 0 Å². The van der Waals surface area contributed by atoms with Crippen LogP contribution in [-0.4, -0.2) is 23.1 Å². The normalized spacial score (nSPS) is 16.2. The van der Waals surface area contributed by atoms with Crippen molar-refractivity contribution in [2.24, 2.45) is 5.73 Å². The summed E-state index contributed by atoms with van der Waals surface area (Å²) in [4.78, 5) is 11.4. The molecule has 2 aromatic rings. The van der Waals surface area contributed by atoms with Crippen LogP contribution in [0.25, 0.3) is 10.9 Å². The fraction of sp³-hybridized carbons (Fsp3) is 0.429. The van der Waals surface area contributed by atoms with Crippen LogP contribution >= 0.6 is 0 Å². The van der Waals surface area contributed by atoms with E-state index in [4.69, 9.17) is 10.7 Å². The molecule has 1 fully saturated rings. The van der Waals surface area contributed by atoms with Gasteiger partial charge in [-0.3, -0.25) is 4.98 Å². The summed E-state index contributed by atoms with van der Waals surface area (Å²) in [5.74, 6) is 1.08. The van der Waals surface area contributed by atoms with Crippen LogP contribution in [-0.2, 0) is 6.54 Å². The summed E-state index contributed by atoms with van der Waals surface area (Å²) in [5, 5.41) is 1.08. The van der Waals surface area contributed by atoms with Gasteiger partial charge in [0.15, 0.2) is 0 Å². The second kappa shape index (κ2) is 4.90.